The Balaban J connectivity index is 1.46. The molecule has 2 atom stereocenters. The molecule has 4 amide bonds. The minimum atomic E-state index is -1.17. The van der Waals surface area contributed by atoms with E-state index in [1.54, 1.807) is 20.1 Å². The monoisotopic (exact) mass is 491 g/mol. The number of nitrogens with zero attached hydrogens (tertiary/aromatic N) is 1. The third-order valence-electron chi connectivity index (χ3n) is 5.53. The molecule has 2 N–H and O–H groups in total. The lowest BCUT2D eigenvalue weighted by molar-refractivity contribution is -0.135. The van der Waals surface area contributed by atoms with Crippen LogP contribution in [0.4, 0.5) is 4.79 Å². The van der Waals surface area contributed by atoms with Gasteiger partial charge in [0, 0.05) is 4.88 Å². The van der Waals surface area contributed by atoms with Crippen LogP contribution in [0.2, 0.25) is 0 Å². The van der Waals surface area contributed by atoms with Crippen LogP contribution in [0.3, 0.4) is 0 Å². The van der Waals surface area contributed by atoms with Crippen molar-refractivity contribution in [1.29, 1.82) is 0 Å². The molecule has 0 spiro atoms. The number of nitrogens with one attached hydrogen (secondary N) is 2. The van der Waals surface area contributed by atoms with Crippen LogP contribution < -0.4 is 15.4 Å². The highest BCUT2D eigenvalue weighted by molar-refractivity contribution is 9.11. The standard InChI is InChI=1S/C21H22BrN3O4S/c1-21(15-9-10-16(22)30-15)19(27)25(20(28)24-21)11-17(26)23-18(12-3-4-12)13-5-7-14(29-2)8-6-13/h5-10,12,18H,3-4,11H2,1-2H3,(H,23,26)(H,24,28). The number of ether oxygens (including phenoxy) is 1. The Morgan fingerprint density at radius 3 is 2.57 bits per heavy atom. The Morgan fingerprint density at radius 1 is 1.30 bits per heavy atom. The molecule has 0 bridgehead atoms. The van der Waals surface area contributed by atoms with Gasteiger partial charge in [-0.15, -0.1) is 11.3 Å². The quantitative estimate of drug-likeness (QED) is 0.579. The number of methoxy groups -OCH3 is 1. The number of thiophene rings is 1. The van der Waals surface area contributed by atoms with Crippen molar-refractivity contribution < 1.29 is 19.1 Å². The minimum Gasteiger partial charge on any atom is -0.497 e. The van der Waals surface area contributed by atoms with Crippen LogP contribution in [0, 0.1) is 5.92 Å². The maximum atomic E-state index is 13.0. The predicted octanol–water partition coefficient (Wildman–Crippen LogP) is 3.55. The molecule has 1 aliphatic heterocycles. The van der Waals surface area contributed by atoms with E-state index in [0.717, 1.165) is 32.8 Å². The molecule has 0 radical (unpaired) electrons. The second-order valence-electron chi connectivity index (χ2n) is 7.71. The molecule has 2 fully saturated rings. The first kappa shape index (κ1) is 20.9. The number of halogens is 1. The van der Waals surface area contributed by atoms with Crippen LogP contribution in [0.25, 0.3) is 0 Å². The summed E-state index contributed by atoms with van der Waals surface area (Å²) in [5.41, 5.74) is -0.183. The van der Waals surface area contributed by atoms with Gasteiger partial charge < -0.3 is 15.4 Å². The smallest absolute Gasteiger partial charge is 0.325 e. The topological polar surface area (TPSA) is 87.7 Å². The van der Waals surface area contributed by atoms with Crippen molar-refractivity contribution in [2.45, 2.75) is 31.3 Å². The van der Waals surface area contributed by atoms with Crippen LogP contribution >= 0.6 is 27.3 Å². The first-order chi connectivity index (χ1) is 14.3. The van der Waals surface area contributed by atoms with Crippen molar-refractivity contribution in [3.63, 3.8) is 0 Å². The molecule has 4 rings (SSSR count). The van der Waals surface area contributed by atoms with E-state index < -0.39 is 17.5 Å². The van der Waals surface area contributed by atoms with Crippen LogP contribution in [0.5, 0.6) is 5.75 Å². The highest BCUT2D eigenvalue weighted by Crippen LogP contribution is 2.41. The lowest BCUT2D eigenvalue weighted by Gasteiger charge is -2.22. The summed E-state index contributed by atoms with van der Waals surface area (Å²) in [7, 11) is 1.61. The normalized spacial score (nSPS) is 22.0. The molecular formula is C21H22BrN3O4S. The van der Waals surface area contributed by atoms with Crippen LogP contribution in [0.15, 0.2) is 40.2 Å². The van der Waals surface area contributed by atoms with Crippen molar-refractivity contribution in [1.82, 2.24) is 15.5 Å². The molecule has 158 valence electrons. The van der Waals surface area contributed by atoms with Crippen LogP contribution in [0.1, 0.15) is 36.2 Å². The first-order valence-electron chi connectivity index (χ1n) is 9.65. The minimum absolute atomic E-state index is 0.149. The number of rotatable bonds is 7. The number of carbonyl (C=O) groups excluding carboxylic acids is 3. The maximum Gasteiger partial charge on any atom is 0.325 e. The highest BCUT2D eigenvalue weighted by atomic mass is 79.9. The lowest BCUT2D eigenvalue weighted by Crippen LogP contribution is -2.43. The molecule has 30 heavy (non-hydrogen) atoms. The molecule has 7 nitrogen and oxygen atoms in total. The van der Waals surface area contributed by atoms with E-state index in [2.05, 4.69) is 26.6 Å². The van der Waals surface area contributed by atoms with Gasteiger partial charge in [-0.25, -0.2) is 4.79 Å². The maximum absolute atomic E-state index is 13.0. The highest BCUT2D eigenvalue weighted by Gasteiger charge is 2.50. The van der Waals surface area contributed by atoms with E-state index >= 15 is 0 Å². The summed E-state index contributed by atoms with van der Waals surface area (Å²) in [6.45, 7) is 1.35. The van der Waals surface area contributed by atoms with Gasteiger partial charge in [-0.3, -0.25) is 14.5 Å². The fourth-order valence-electron chi connectivity index (χ4n) is 3.67. The number of hydrogen-bond donors (Lipinski definition) is 2. The third-order valence-corrected chi connectivity index (χ3v) is 7.37. The van der Waals surface area contributed by atoms with Gasteiger partial charge in [0.1, 0.15) is 12.3 Å². The van der Waals surface area contributed by atoms with Crippen LogP contribution in [-0.4, -0.2) is 36.4 Å². The number of benzene rings is 1. The van der Waals surface area contributed by atoms with Crippen molar-refractivity contribution in [2.24, 2.45) is 5.92 Å². The van der Waals surface area contributed by atoms with E-state index in [4.69, 9.17) is 4.74 Å². The Bertz CT molecular complexity index is 988. The van der Waals surface area contributed by atoms with Gasteiger partial charge in [-0.1, -0.05) is 12.1 Å². The number of imide groups is 1. The van der Waals surface area contributed by atoms with Gasteiger partial charge in [-0.2, -0.15) is 0 Å². The van der Waals surface area contributed by atoms with Gasteiger partial charge in [0.25, 0.3) is 5.91 Å². The second kappa shape index (κ2) is 8.03. The second-order valence-corrected chi connectivity index (χ2v) is 10.2. The Morgan fingerprint density at radius 2 is 2.00 bits per heavy atom. The SMILES string of the molecule is COc1ccc(C(NC(=O)CN2C(=O)NC(C)(c3ccc(Br)s3)C2=O)C2CC2)cc1. The van der Waals surface area contributed by atoms with E-state index in [0.29, 0.717) is 10.8 Å². The summed E-state index contributed by atoms with van der Waals surface area (Å²) < 4.78 is 6.06. The summed E-state index contributed by atoms with van der Waals surface area (Å²) >= 11 is 4.76. The molecule has 9 heteroatoms. The summed E-state index contributed by atoms with van der Waals surface area (Å²) in [5, 5.41) is 5.74. The average Bonchev–Trinajstić information content (AvgIpc) is 3.44. The fraction of sp³-hybridized carbons (Fsp3) is 0.381. The van der Waals surface area contributed by atoms with E-state index in [9.17, 15) is 14.4 Å². The predicted molar refractivity (Wildman–Crippen MR) is 116 cm³/mol. The van der Waals surface area contributed by atoms with Gasteiger partial charge in [0.2, 0.25) is 5.91 Å². The van der Waals surface area contributed by atoms with Gasteiger partial charge in [0.05, 0.1) is 16.9 Å². The largest absolute Gasteiger partial charge is 0.497 e. The van der Waals surface area contributed by atoms with Gasteiger partial charge in [0.15, 0.2) is 5.54 Å². The summed E-state index contributed by atoms with van der Waals surface area (Å²) in [6.07, 6.45) is 2.07. The van der Waals surface area contributed by atoms with Gasteiger partial charge >= 0.3 is 6.03 Å². The first-order valence-corrected chi connectivity index (χ1v) is 11.3. The Hall–Kier alpha value is -2.39. The Labute approximate surface area is 186 Å². The number of urea groups is 1. The average molecular weight is 492 g/mol. The van der Waals surface area contributed by atoms with Crippen molar-refractivity contribution >= 4 is 45.1 Å². The third kappa shape index (κ3) is 3.96. The van der Waals surface area contributed by atoms with Crippen molar-refractivity contribution in [2.75, 3.05) is 13.7 Å². The molecule has 1 saturated carbocycles. The fourth-order valence-corrected chi connectivity index (χ4v) is 5.15. The number of carbonyl (C=O) groups is 3. The molecule has 2 aromatic rings. The molecular weight excluding hydrogens is 470 g/mol. The molecule has 1 aliphatic carbocycles. The molecule has 1 saturated heterocycles. The van der Waals surface area contributed by atoms with Crippen LogP contribution in [-0.2, 0) is 15.1 Å². The van der Waals surface area contributed by atoms with Crippen molar-refractivity contribution in [3.8, 4) is 5.75 Å². The molecule has 2 aliphatic rings. The summed E-state index contributed by atoms with van der Waals surface area (Å²) in [6, 6.07) is 10.5. The summed E-state index contributed by atoms with van der Waals surface area (Å²) in [5.74, 6) is 0.324. The zero-order valence-electron chi connectivity index (χ0n) is 16.6. The molecule has 2 unspecified atom stereocenters. The summed E-state index contributed by atoms with van der Waals surface area (Å²) in [4.78, 5) is 39.9. The van der Waals surface area contributed by atoms with E-state index in [1.807, 2.05) is 30.3 Å². The molecule has 2 heterocycles. The van der Waals surface area contributed by atoms with E-state index in [-0.39, 0.29) is 18.5 Å². The van der Waals surface area contributed by atoms with E-state index in [1.165, 1.54) is 11.3 Å². The zero-order chi connectivity index (χ0) is 21.5. The molecule has 1 aromatic heterocycles. The number of hydrogen-bond acceptors (Lipinski definition) is 5. The van der Waals surface area contributed by atoms with Crippen molar-refractivity contribution in [3.05, 3.63) is 50.6 Å². The number of amides is 4. The zero-order valence-corrected chi connectivity index (χ0v) is 19.0. The van der Waals surface area contributed by atoms with Gasteiger partial charge in [-0.05, 0) is 71.4 Å². The lowest BCUT2D eigenvalue weighted by atomic mass is 10.0. The Kier molecular flexibility index (Phi) is 5.59. The molecule has 1 aromatic carbocycles.